The molecule has 3 nitrogen and oxygen atoms in total. The third-order valence-corrected chi connectivity index (χ3v) is 2.73. The Morgan fingerprint density at radius 1 is 1.35 bits per heavy atom. The van der Waals surface area contributed by atoms with E-state index in [1.165, 1.54) is 25.3 Å². The van der Waals surface area contributed by atoms with Crippen LogP contribution in [0.4, 0.5) is 0 Å². The van der Waals surface area contributed by atoms with Gasteiger partial charge in [-0.2, -0.15) is 0 Å². The average molecular weight is 235 g/mol. The number of rotatable bonds is 6. The number of carbonyl (C=O) groups is 1. The van der Waals surface area contributed by atoms with E-state index in [0.29, 0.717) is 0 Å². The van der Waals surface area contributed by atoms with E-state index in [0.717, 1.165) is 12.0 Å². The highest BCUT2D eigenvalue weighted by molar-refractivity contribution is 5.72. The molecule has 17 heavy (non-hydrogen) atoms. The fourth-order valence-corrected chi connectivity index (χ4v) is 1.65. The molecule has 0 spiro atoms. The van der Waals surface area contributed by atoms with Crippen LogP contribution in [0.2, 0.25) is 0 Å². The molecule has 1 aromatic carbocycles. The van der Waals surface area contributed by atoms with Gasteiger partial charge < -0.3 is 10.4 Å². The van der Waals surface area contributed by atoms with Crippen molar-refractivity contribution in [3.8, 4) is 0 Å². The van der Waals surface area contributed by atoms with Crippen LogP contribution in [0.1, 0.15) is 43.9 Å². The number of hydrogen-bond acceptors (Lipinski definition) is 2. The molecule has 0 radical (unpaired) electrons. The summed E-state index contributed by atoms with van der Waals surface area (Å²) in [5.74, 6) is -0.122. The Kier molecular flexibility index (Phi) is 5.70. The number of nitrogens with one attached hydrogen (secondary N) is 1. The van der Waals surface area contributed by atoms with Gasteiger partial charge in [0.05, 0.1) is 6.10 Å². The molecule has 1 rings (SSSR count). The molecule has 1 atom stereocenters. The molecular weight excluding hydrogens is 214 g/mol. The molecule has 0 aliphatic carbocycles. The minimum absolute atomic E-state index is 0.122. The zero-order chi connectivity index (χ0) is 12.7. The number of aliphatic hydroxyl groups excluding tert-OH is 1. The monoisotopic (exact) mass is 235 g/mol. The first-order chi connectivity index (χ1) is 8.13. The van der Waals surface area contributed by atoms with Crippen LogP contribution in [0, 0.1) is 0 Å². The molecule has 2 N–H and O–H groups in total. The highest BCUT2D eigenvalue weighted by Crippen LogP contribution is 2.14. The maximum Gasteiger partial charge on any atom is 0.216 e. The molecule has 0 fully saturated rings. The zero-order valence-corrected chi connectivity index (χ0v) is 10.6. The quantitative estimate of drug-likeness (QED) is 0.794. The first-order valence-electron chi connectivity index (χ1n) is 6.14. The molecule has 0 saturated carbocycles. The van der Waals surface area contributed by atoms with E-state index in [2.05, 4.69) is 12.2 Å². The van der Waals surface area contributed by atoms with Crippen molar-refractivity contribution in [3.05, 3.63) is 35.4 Å². The molecule has 0 aliphatic rings. The van der Waals surface area contributed by atoms with Crippen molar-refractivity contribution >= 4 is 5.91 Å². The molecular formula is C14H21NO2. The number of amides is 1. The number of aliphatic hydroxyl groups is 1. The van der Waals surface area contributed by atoms with Gasteiger partial charge in [-0.1, -0.05) is 37.6 Å². The van der Waals surface area contributed by atoms with Crippen LogP contribution in [0.5, 0.6) is 0 Å². The van der Waals surface area contributed by atoms with Gasteiger partial charge >= 0.3 is 0 Å². The van der Waals surface area contributed by atoms with Crippen molar-refractivity contribution in [1.29, 1.82) is 0 Å². The standard InChI is InChI=1S/C14H21NO2/c1-3-4-5-12-6-8-13(9-7-12)14(17)10-15-11(2)16/h6-9,14,17H,3-5,10H2,1-2H3,(H,15,16). The second kappa shape index (κ2) is 7.07. The summed E-state index contributed by atoms with van der Waals surface area (Å²) < 4.78 is 0. The van der Waals surface area contributed by atoms with Gasteiger partial charge in [0.1, 0.15) is 0 Å². The average Bonchev–Trinajstić information content (AvgIpc) is 2.34. The fraction of sp³-hybridized carbons (Fsp3) is 0.500. The number of benzene rings is 1. The van der Waals surface area contributed by atoms with Gasteiger partial charge in [-0.3, -0.25) is 4.79 Å². The van der Waals surface area contributed by atoms with E-state index in [1.807, 2.05) is 24.3 Å². The topological polar surface area (TPSA) is 49.3 Å². The maximum absolute atomic E-state index is 10.7. The van der Waals surface area contributed by atoms with Crippen molar-refractivity contribution in [1.82, 2.24) is 5.32 Å². The van der Waals surface area contributed by atoms with E-state index in [-0.39, 0.29) is 12.5 Å². The van der Waals surface area contributed by atoms with Crippen LogP contribution in [0.25, 0.3) is 0 Å². The fourth-order valence-electron chi connectivity index (χ4n) is 1.65. The Labute approximate surface area is 103 Å². The zero-order valence-electron chi connectivity index (χ0n) is 10.6. The highest BCUT2D eigenvalue weighted by atomic mass is 16.3. The number of aryl methyl sites for hydroxylation is 1. The molecule has 0 saturated heterocycles. The minimum Gasteiger partial charge on any atom is -0.387 e. The van der Waals surface area contributed by atoms with Crippen LogP contribution < -0.4 is 5.32 Å². The summed E-state index contributed by atoms with van der Waals surface area (Å²) in [6.45, 7) is 3.88. The second-order valence-corrected chi connectivity index (χ2v) is 4.30. The van der Waals surface area contributed by atoms with Gasteiger partial charge in [0, 0.05) is 13.5 Å². The molecule has 0 bridgehead atoms. The molecule has 0 heterocycles. The summed E-state index contributed by atoms with van der Waals surface area (Å²) in [5.41, 5.74) is 2.14. The Balaban J connectivity index is 2.51. The predicted molar refractivity (Wildman–Crippen MR) is 68.7 cm³/mol. The van der Waals surface area contributed by atoms with Gasteiger partial charge in [0.2, 0.25) is 5.91 Å². The molecule has 94 valence electrons. The van der Waals surface area contributed by atoms with Gasteiger partial charge in [0.25, 0.3) is 0 Å². The summed E-state index contributed by atoms with van der Waals surface area (Å²) in [6.07, 6.45) is 2.83. The first-order valence-corrected chi connectivity index (χ1v) is 6.14. The molecule has 0 aromatic heterocycles. The summed E-state index contributed by atoms with van der Waals surface area (Å²) >= 11 is 0. The Morgan fingerprint density at radius 3 is 2.53 bits per heavy atom. The van der Waals surface area contributed by atoms with Crippen molar-refractivity contribution in [2.45, 2.75) is 39.2 Å². The van der Waals surface area contributed by atoms with Crippen LogP contribution >= 0.6 is 0 Å². The normalized spacial score (nSPS) is 12.2. The van der Waals surface area contributed by atoms with Crippen LogP contribution in [-0.4, -0.2) is 17.6 Å². The van der Waals surface area contributed by atoms with Crippen molar-refractivity contribution in [2.24, 2.45) is 0 Å². The molecule has 3 heteroatoms. The van der Waals surface area contributed by atoms with E-state index < -0.39 is 6.10 Å². The molecule has 1 amide bonds. The predicted octanol–water partition coefficient (Wildman–Crippen LogP) is 2.20. The molecule has 1 unspecified atom stereocenters. The lowest BCUT2D eigenvalue weighted by atomic mass is 10.0. The van der Waals surface area contributed by atoms with E-state index in [9.17, 15) is 9.90 Å². The maximum atomic E-state index is 10.7. The number of hydrogen-bond donors (Lipinski definition) is 2. The highest BCUT2D eigenvalue weighted by Gasteiger charge is 2.07. The Morgan fingerprint density at radius 2 is 2.00 bits per heavy atom. The van der Waals surface area contributed by atoms with Crippen molar-refractivity contribution < 1.29 is 9.90 Å². The van der Waals surface area contributed by atoms with Gasteiger partial charge in [-0.25, -0.2) is 0 Å². The minimum atomic E-state index is -0.626. The Hall–Kier alpha value is -1.35. The van der Waals surface area contributed by atoms with Gasteiger partial charge in [0.15, 0.2) is 0 Å². The summed E-state index contributed by atoms with van der Waals surface area (Å²) in [7, 11) is 0. The third-order valence-electron chi connectivity index (χ3n) is 2.73. The van der Waals surface area contributed by atoms with Crippen molar-refractivity contribution in [3.63, 3.8) is 0 Å². The van der Waals surface area contributed by atoms with Crippen molar-refractivity contribution in [2.75, 3.05) is 6.54 Å². The lowest BCUT2D eigenvalue weighted by Gasteiger charge is -2.12. The number of carbonyl (C=O) groups excluding carboxylic acids is 1. The molecule has 1 aromatic rings. The Bertz CT molecular complexity index is 346. The van der Waals surface area contributed by atoms with Crippen LogP contribution in [0.3, 0.4) is 0 Å². The largest absolute Gasteiger partial charge is 0.387 e. The second-order valence-electron chi connectivity index (χ2n) is 4.30. The summed E-state index contributed by atoms with van der Waals surface area (Å²) in [6, 6.07) is 7.94. The van der Waals surface area contributed by atoms with E-state index in [1.54, 1.807) is 0 Å². The van der Waals surface area contributed by atoms with Gasteiger partial charge in [-0.15, -0.1) is 0 Å². The third kappa shape index (κ3) is 5.00. The lowest BCUT2D eigenvalue weighted by molar-refractivity contribution is -0.119. The summed E-state index contributed by atoms with van der Waals surface area (Å²) in [4.78, 5) is 10.7. The van der Waals surface area contributed by atoms with E-state index >= 15 is 0 Å². The SMILES string of the molecule is CCCCc1ccc(C(O)CNC(C)=O)cc1. The first kappa shape index (κ1) is 13.7. The van der Waals surface area contributed by atoms with E-state index in [4.69, 9.17) is 0 Å². The molecule has 0 aliphatic heterocycles. The summed E-state index contributed by atoms with van der Waals surface area (Å²) in [5, 5.41) is 12.4. The lowest BCUT2D eigenvalue weighted by Crippen LogP contribution is -2.25. The van der Waals surface area contributed by atoms with Crippen LogP contribution in [0.15, 0.2) is 24.3 Å². The van der Waals surface area contributed by atoms with Crippen LogP contribution in [-0.2, 0) is 11.2 Å². The van der Waals surface area contributed by atoms with Gasteiger partial charge in [-0.05, 0) is 24.0 Å². The number of unbranched alkanes of at least 4 members (excludes halogenated alkanes) is 1. The smallest absolute Gasteiger partial charge is 0.216 e.